The number of likely N-dealkylation sites (tertiary alicyclic amines) is 1. The standard InChI is InChI=1S/C27H36F2N2O/c1-17(2)24(32-16-19-21(28)9-7-10-22(19)29)15-31-13-12-27(5)20-8-6-11-23(30)18(20)14-25(31)26(27,3)4/h6-11,17,24-25H,12-16,30H2,1-5H3. The van der Waals surface area contributed by atoms with Crippen LogP contribution in [0.1, 0.15) is 57.7 Å². The lowest BCUT2D eigenvalue weighted by molar-refractivity contribution is -0.0784. The fourth-order valence-electron chi connectivity index (χ4n) is 5.84. The smallest absolute Gasteiger partial charge is 0.131 e. The van der Waals surface area contributed by atoms with E-state index < -0.39 is 11.6 Å². The molecule has 2 N–H and O–H groups in total. The third-order valence-corrected chi connectivity index (χ3v) is 8.46. The van der Waals surface area contributed by atoms with Crippen LogP contribution in [0.3, 0.4) is 0 Å². The molecule has 3 atom stereocenters. The second-order valence-electron chi connectivity index (χ2n) is 10.7. The normalized spacial score (nSPS) is 25.6. The number of piperidine rings is 1. The van der Waals surface area contributed by atoms with E-state index in [1.165, 1.54) is 29.3 Å². The average Bonchev–Trinajstić information content (AvgIpc) is 2.71. The van der Waals surface area contributed by atoms with Crippen LogP contribution in [0.5, 0.6) is 0 Å². The van der Waals surface area contributed by atoms with Crippen LogP contribution in [0.15, 0.2) is 36.4 Å². The summed E-state index contributed by atoms with van der Waals surface area (Å²) < 4.78 is 34.3. The van der Waals surface area contributed by atoms with Crippen LogP contribution < -0.4 is 5.73 Å². The Morgan fingerprint density at radius 2 is 1.75 bits per heavy atom. The summed E-state index contributed by atoms with van der Waals surface area (Å²) in [6.45, 7) is 13.0. The Balaban J connectivity index is 1.57. The van der Waals surface area contributed by atoms with E-state index in [9.17, 15) is 8.78 Å². The summed E-state index contributed by atoms with van der Waals surface area (Å²) in [4.78, 5) is 2.53. The van der Waals surface area contributed by atoms with Crippen LogP contribution in [0.2, 0.25) is 0 Å². The van der Waals surface area contributed by atoms with E-state index in [1.54, 1.807) is 0 Å². The molecule has 1 aliphatic carbocycles. The quantitative estimate of drug-likeness (QED) is 0.583. The number of nitrogens with zero attached hydrogens (tertiary/aromatic N) is 1. The third-order valence-electron chi connectivity index (χ3n) is 8.46. The molecule has 3 nitrogen and oxygen atoms in total. The lowest BCUT2D eigenvalue weighted by atomic mass is 9.51. The van der Waals surface area contributed by atoms with Gasteiger partial charge in [-0.25, -0.2) is 8.78 Å². The molecule has 4 rings (SSSR count). The van der Waals surface area contributed by atoms with E-state index in [0.29, 0.717) is 6.04 Å². The Kier molecular flexibility index (Phi) is 6.10. The molecule has 3 unspecified atom stereocenters. The monoisotopic (exact) mass is 442 g/mol. The van der Waals surface area contributed by atoms with Gasteiger partial charge in [-0.3, -0.25) is 4.90 Å². The van der Waals surface area contributed by atoms with Crippen LogP contribution >= 0.6 is 0 Å². The van der Waals surface area contributed by atoms with Gasteiger partial charge in [0.25, 0.3) is 0 Å². The number of rotatable bonds is 6. The maximum Gasteiger partial charge on any atom is 0.131 e. The number of hydrogen-bond donors (Lipinski definition) is 1. The Morgan fingerprint density at radius 1 is 1.09 bits per heavy atom. The van der Waals surface area contributed by atoms with E-state index in [-0.39, 0.29) is 35.0 Å². The molecule has 5 heteroatoms. The number of halogens is 2. The molecule has 0 amide bonds. The highest BCUT2D eigenvalue weighted by molar-refractivity contribution is 5.56. The topological polar surface area (TPSA) is 38.5 Å². The van der Waals surface area contributed by atoms with Gasteiger partial charge in [-0.05, 0) is 60.0 Å². The molecule has 32 heavy (non-hydrogen) atoms. The molecule has 174 valence electrons. The van der Waals surface area contributed by atoms with Crippen LogP contribution in [-0.2, 0) is 23.2 Å². The van der Waals surface area contributed by atoms with Crippen LogP contribution in [0.25, 0.3) is 0 Å². The van der Waals surface area contributed by atoms with Crippen molar-refractivity contribution in [3.8, 4) is 0 Å². The minimum absolute atomic E-state index is 0.00377. The van der Waals surface area contributed by atoms with E-state index in [1.807, 2.05) is 6.07 Å². The number of nitrogen functional groups attached to an aromatic ring is 1. The first-order chi connectivity index (χ1) is 15.1. The van der Waals surface area contributed by atoms with Crippen molar-refractivity contribution < 1.29 is 13.5 Å². The third kappa shape index (κ3) is 3.73. The van der Waals surface area contributed by atoms with Crippen molar-refractivity contribution >= 4 is 5.69 Å². The molecular weight excluding hydrogens is 406 g/mol. The second kappa shape index (κ2) is 8.42. The SMILES string of the molecule is CC(C)C(CN1CCC2(C)c3cccc(N)c3CC1C2(C)C)OCc1c(F)cccc1F. The molecule has 1 saturated heterocycles. The maximum absolute atomic E-state index is 14.1. The highest BCUT2D eigenvalue weighted by atomic mass is 19.1. The maximum atomic E-state index is 14.1. The van der Waals surface area contributed by atoms with Crippen LogP contribution in [-0.4, -0.2) is 30.1 Å². The molecule has 0 aromatic heterocycles. The van der Waals surface area contributed by atoms with Gasteiger partial charge < -0.3 is 10.5 Å². The fourth-order valence-corrected chi connectivity index (χ4v) is 5.84. The van der Waals surface area contributed by atoms with E-state index in [2.05, 4.69) is 51.7 Å². The largest absolute Gasteiger partial charge is 0.398 e. The Labute approximate surface area is 190 Å². The summed E-state index contributed by atoms with van der Waals surface area (Å²) in [5.41, 5.74) is 10.1. The zero-order valence-electron chi connectivity index (χ0n) is 19.9. The first-order valence-corrected chi connectivity index (χ1v) is 11.7. The molecule has 0 saturated carbocycles. The number of nitrogens with two attached hydrogens (primary N) is 1. The van der Waals surface area contributed by atoms with Gasteiger partial charge in [-0.2, -0.15) is 0 Å². The van der Waals surface area contributed by atoms with Crippen molar-refractivity contribution in [2.75, 3.05) is 18.8 Å². The molecule has 1 aliphatic heterocycles. The van der Waals surface area contributed by atoms with Gasteiger partial charge in [0.1, 0.15) is 11.6 Å². The fraction of sp³-hybridized carbons (Fsp3) is 0.556. The second-order valence-corrected chi connectivity index (χ2v) is 10.7. The highest BCUT2D eigenvalue weighted by Crippen LogP contribution is 2.56. The Bertz CT molecular complexity index is 969. The predicted octanol–water partition coefficient (Wildman–Crippen LogP) is 5.70. The van der Waals surface area contributed by atoms with Gasteiger partial charge in [-0.1, -0.05) is 52.8 Å². The van der Waals surface area contributed by atoms with Gasteiger partial charge in [0.15, 0.2) is 0 Å². The lowest BCUT2D eigenvalue weighted by Crippen LogP contribution is -2.64. The van der Waals surface area contributed by atoms with Crippen molar-refractivity contribution in [3.63, 3.8) is 0 Å². The molecule has 2 aromatic carbocycles. The van der Waals surface area contributed by atoms with E-state index in [0.717, 1.165) is 31.6 Å². The lowest BCUT2D eigenvalue weighted by Gasteiger charge is -2.61. The number of ether oxygens (including phenoxy) is 1. The molecule has 1 fully saturated rings. The Morgan fingerprint density at radius 3 is 2.41 bits per heavy atom. The number of anilines is 1. The van der Waals surface area contributed by atoms with Crippen molar-refractivity contribution in [2.45, 2.75) is 71.6 Å². The summed E-state index contributed by atoms with van der Waals surface area (Å²) in [6, 6.07) is 10.6. The molecule has 2 bridgehead atoms. The van der Waals surface area contributed by atoms with Gasteiger partial charge in [0.2, 0.25) is 0 Å². The average molecular weight is 443 g/mol. The van der Waals surface area contributed by atoms with Crippen molar-refractivity contribution in [3.05, 3.63) is 64.7 Å². The predicted molar refractivity (Wildman–Crippen MR) is 125 cm³/mol. The summed E-state index contributed by atoms with van der Waals surface area (Å²) in [5.74, 6) is -0.884. The highest BCUT2D eigenvalue weighted by Gasteiger charge is 2.56. The molecule has 0 radical (unpaired) electrons. The molecule has 2 aliphatic rings. The number of benzene rings is 2. The minimum Gasteiger partial charge on any atom is -0.398 e. The molecular formula is C27H36F2N2O. The van der Waals surface area contributed by atoms with Crippen LogP contribution in [0, 0.1) is 23.0 Å². The zero-order valence-corrected chi connectivity index (χ0v) is 19.9. The van der Waals surface area contributed by atoms with Crippen molar-refractivity contribution in [1.29, 1.82) is 0 Å². The van der Waals surface area contributed by atoms with Gasteiger partial charge in [0.05, 0.1) is 12.7 Å². The van der Waals surface area contributed by atoms with Gasteiger partial charge in [0, 0.05) is 29.3 Å². The summed E-state index contributed by atoms with van der Waals surface area (Å²) in [5, 5.41) is 0. The summed E-state index contributed by atoms with van der Waals surface area (Å²) in [6.07, 6.45) is 1.83. The van der Waals surface area contributed by atoms with Gasteiger partial charge in [-0.15, -0.1) is 0 Å². The van der Waals surface area contributed by atoms with Crippen LogP contribution in [0.4, 0.5) is 14.5 Å². The van der Waals surface area contributed by atoms with Gasteiger partial charge >= 0.3 is 0 Å². The van der Waals surface area contributed by atoms with E-state index >= 15 is 0 Å². The molecule has 0 spiro atoms. The summed E-state index contributed by atoms with van der Waals surface area (Å²) >= 11 is 0. The first kappa shape index (κ1) is 23.2. The Hall–Kier alpha value is -1.98. The van der Waals surface area contributed by atoms with Crippen molar-refractivity contribution in [1.82, 2.24) is 4.90 Å². The summed E-state index contributed by atoms with van der Waals surface area (Å²) in [7, 11) is 0. The number of fused-ring (bicyclic) bond motifs is 4. The van der Waals surface area contributed by atoms with E-state index in [4.69, 9.17) is 10.5 Å². The first-order valence-electron chi connectivity index (χ1n) is 11.7. The van der Waals surface area contributed by atoms with Crippen molar-refractivity contribution in [2.24, 2.45) is 11.3 Å². The molecule has 1 heterocycles. The number of hydrogen-bond acceptors (Lipinski definition) is 3. The zero-order chi connectivity index (χ0) is 23.3. The molecule has 2 aromatic rings. The minimum atomic E-state index is -0.554.